The van der Waals surface area contributed by atoms with Gasteiger partial charge in [0.05, 0.1) is 11.7 Å². The van der Waals surface area contributed by atoms with Crippen LogP contribution in [0.5, 0.6) is 0 Å². The fourth-order valence-electron chi connectivity index (χ4n) is 1.37. The normalized spacial score (nSPS) is 12.2. The quantitative estimate of drug-likeness (QED) is 0.803. The summed E-state index contributed by atoms with van der Waals surface area (Å²) in [5.41, 5.74) is 6.34. The third-order valence-corrected chi connectivity index (χ3v) is 3.29. The molecular formula is C12H16FIN2O. The molecule has 0 radical (unpaired) electrons. The van der Waals surface area contributed by atoms with Crippen LogP contribution in [0.4, 0.5) is 10.1 Å². The van der Waals surface area contributed by atoms with Gasteiger partial charge in [-0.3, -0.25) is 4.79 Å². The zero-order valence-corrected chi connectivity index (χ0v) is 11.8. The first-order chi connectivity index (χ1) is 8.04. The van der Waals surface area contributed by atoms with Crippen molar-refractivity contribution in [3.8, 4) is 0 Å². The molecule has 0 saturated carbocycles. The Morgan fingerprint density at radius 2 is 2.29 bits per heavy atom. The van der Waals surface area contributed by atoms with Gasteiger partial charge in [-0.05, 0) is 47.2 Å². The van der Waals surface area contributed by atoms with Gasteiger partial charge in [-0.25, -0.2) is 4.39 Å². The molecule has 5 heteroatoms. The molecule has 17 heavy (non-hydrogen) atoms. The number of nitrogens with two attached hydrogens (primary N) is 1. The summed E-state index contributed by atoms with van der Waals surface area (Å²) in [6.45, 7) is 2.05. The molecule has 1 aromatic carbocycles. The number of carbonyl (C=O) groups is 1. The van der Waals surface area contributed by atoms with Crippen molar-refractivity contribution in [2.24, 2.45) is 5.73 Å². The van der Waals surface area contributed by atoms with Crippen LogP contribution in [0, 0.1) is 9.39 Å². The van der Waals surface area contributed by atoms with Crippen LogP contribution in [0.2, 0.25) is 0 Å². The molecule has 0 bridgehead atoms. The molecule has 0 aliphatic heterocycles. The van der Waals surface area contributed by atoms with Crippen LogP contribution in [0.25, 0.3) is 0 Å². The summed E-state index contributed by atoms with van der Waals surface area (Å²) in [5, 5.41) is 2.71. The predicted octanol–water partition coefficient (Wildman–Crippen LogP) is 2.89. The Hall–Kier alpha value is -0.690. The molecular weight excluding hydrogens is 334 g/mol. The molecule has 0 unspecified atom stereocenters. The summed E-state index contributed by atoms with van der Waals surface area (Å²) >= 11 is 1.98. The first-order valence-corrected chi connectivity index (χ1v) is 6.64. The number of halogens is 2. The predicted molar refractivity (Wildman–Crippen MR) is 75.2 cm³/mol. The van der Waals surface area contributed by atoms with E-state index in [0.29, 0.717) is 15.7 Å². The Morgan fingerprint density at radius 1 is 1.59 bits per heavy atom. The molecule has 0 aliphatic carbocycles. The van der Waals surface area contributed by atoms with Gasteiger partial charge in [0.1, 0.15) is 5.82 Å². The van der Waals surface area contributed by atoms with Crippen LogP contribution >= 0.6 is 22.6 Å². The molecule has 1 atom stereocenters. The summed E-state index contributed by atoms with van der Waals surface area (Å²) in [5.74, 6) is -0.536. The lowest BCUT2D eigenvalue weighted by Gasteiger charge is -2.12. The first-order valence-electron chi connectivity index (χ1n) is 5.56. The van der Waals surface area contributed by atoms with Gasteiger partial charge in [-0.2, -0.15) is 0 Å². The molecule has 1 amide bonds. The van der Waals surface area contributed by atoms with Gasteiger partial charge in [0.2, 0.25) is 5.91 Å². The molecule has 0 heterocycles. The van der Waals surface area contributed by atoms with Crippen molar-refractivity contribution in [1.82, 2.24) is 0 Å². The third-order valence-electron chi connectivity index (χ3n) is 2.39. The second-order valence-corrected chi connectivity index (χ2v) is 5.02. The average molecular weight is 350 g/mol. The van der Waals surface area contributed by atoms with E-state index in [4.69, 9.17) is 5.73 Å². The standard InChI is InChI=1S/C12H16FIN2O/c1-2-3-4-10(15)12(17)16-11-6-5-8(13)7-9(11)14/h5-7,10H,2-4,15H2,1H3,(H,16,17)/t10-/m0/s1. The molecule has 3 N–H and O–H groups in total. The molecule has 94 valence electrons. The van der Waals surface area contributed by atoms with Crippen LogP contribution in [0.3, 0.4) is 0 Å². The Bertz CT molecular complexity index is 398. The molecule has 1 aromatic rings. The minimum Gasteiger partial charge on any atom is -0.324 e. The minimum atomic E-state index is -0.504. The summed E-state index contributed by atoms with van der Waals surface area (Å²) < 4.78 is 13.5. The van der Waals surface area contributed by atoms with Crippen molar-refractivity contribution in [1.29, 1.82) is 0 Å². The fraction of sp³-hybridized carbons (Fsp3) is 0.417. The smallest absolute Gasteiger partial charge is 0.241 e. The van der Waals surface area contributed by atoms with Crippen LogP contribution < -0.4 is 11.1 Å². The zero-order valence-electron chi connectivity index (χ0n) is 9.67. The molecule has 0 aliphatic rings. The highest BCUT2D eigenvalue weighted by Gasteiger charge is 2.14. The summed E-state index contributed by atoms with van der Waals surface area (Å²) in [6, 6.07) is 3.72. The number of hydrogen-bond donors (Lipinski definition) is 2. The highest BCUT2D eigenvalue weighted by molar-refractivity contribution is 14.1. The van der Waals surface area contributed by atoms with E-state index in [1.807, 2.05) is 29.5 Å². The lowest BCUT2D eigenvalue weighted by atomic mass is 10.1. The second kappa shape index (κ2) is 6.90. The van der Waals surface area contributed by atoms with Crippen molar-refractivity contribution in [3.05, 3.63) is 27.6 Å². The maximum Gasteiger partial charge on any atom is 0.241 e. The Kier molecular flexibility index (Phi) is 5.84. The van der Waals surface area contributed by atoms with Gasteiger partial charge in [-0.1, -0.05) is 19.8 Å². The van der Waals surface area contributed by atoms with Crippen LogP contribution in [0.15, 0.2) is 18.2 Å². The topological polar surface area (TPSA) is 55.1 Å². The van der Waals surface area contributed by atoms with Gasteiger partial charge >= 0.3 is 0 Å². The number of unbranched alkanes of at least 4 members (excludes halogenated alkanes) is 1. The van der Waals surface area contributed by atoms with Gasteiger partial charge in [0.15, 0.2) is 0 Å². The number of nitrogens with one attached hydrogen (secondary N) is 1. The van der Waals surface area contributed by atoms with Crippen molar-refractivity contribution in [2.45, 2.75) is 32.2 Å². The molecule has 0 aromatic heterocycles. The molecule has 0 spiro atoms. The zero-order chi connectivity index (χ0) is 12.8. The van der Waals surface area contributed by atoms with Crippen molar-refractivity contribution in [3.63, 3.8) is 0 Å². The van der Waals surface area contributed by atoms with E-state index in [0.717, 1.165) is 12.8 Å². The van der Waals surface area contributed by atoms with Crippen LogP contribution in [0.1, 0.15) is 26.2 Å². The van der Waals surface area contributed by atoms with Gasteiger partial charge in [-0.15, -0.1) is 0 Å². The largest absolute Gasteiger partial charge is 0.324 e. The highest BCUT2D eigenvalue weighted by Crippen LogP contribution is 2.19. The Labute approximate surface area is 114 Å². The lowest BCUT2D eigenvalue weighted by molar-refractivity contribution is -0.117. The fourth-order valence-corrected chi connectivity index (χ4v) is 1.98. The van der Waals surface area contributed by atoms with Crippen LogP contribution in [-0.4, -0.2) is 11.9 Å². The van der Waals surface area contributed by atoms with E-state index in [2.05, 4.69) is 5.32 Å². The van der Waals surface area contributed by atoms with Gasteiger partial charge in [0.25, 0.3) is 0 Å². The number of rotatable bonds is 5. The number of carbonyl (C=O) groups excluding carboxylic acids is 1. The number of amides is 1. The number of hydrogen-bond acceptors (Lipinski definition) is 2. The van der Waals surface area contributed by atoms with Crippen molar-refractivity contribution in [2.75, 3.05) is 5.32 Å². The Morgan fingerprint density at radius 3 is 2.88 bits per heavy atom. The maximum absolute atomic E-state index is 12.9. The first kappa shape index (κ1) is 14.4. The summed E-state index contributed by atoms with van der Waals surface area (Å²) in [7, 11) is 0. The van der Waals surface area contributed by atoms with E-state index in [1.54, 1.807) is 6.07 Å². The van der Waals surface area contributed by atoms with E-state index < -0.39 is 6.04 Å². The average Bonchev–Trinajstić information content (AvgIpc) is 2.29. The molecule has 1 rings (SSSR count). The van der Waals surface area contributed by atoms with Crippen molar-refractivity contribution < 1.29 is 9.18 Å². The Balaban J connectivity index is 2.61. The molecule has 0 saturated heterocycles. The van der Waals surface area contributed by atoms with Crippen LogP contribution in [-0.2, 0) is 4.79 Å². The molecule has 0 fully saturated rings. The van der Waals surface area contributed by atoms with Crippen molar-refractivity contribution >= 4 is 34.2 Å². The lowest BCUT2D eigenvalue weighted by Crippen LogP contribution is -2.35. The van der Waals surface area contributed by atoms with E-state index in [-0.39, 0.29) is 11.7 Å². The van der Waals surface area contributed by atoms with Gasteiger partial charge < -0.3 is 11.1 Å². The third kappa shape index (κ3) is 4.59. The summed E-state index contributed by atoms with van der Waals surface area (Å²) in [6.07, 6.45) is 2.60. The minimum absolute atomic E-state index is 0.219. The second-order valence-electron chi connectivity index (χ2n) is 3.86. The van der Waals surface area contributed by atoms with E-state index >= 15 is 0 Å². The van der Waals surface area contributed by atoms with Gasteiger partial charge in [0, 0.05) is 3.57 Å². The highest BCUT2D eigenvalue weighted by atomic mass is 127. The molecule has 3 nitrogen and oxygen atoms in total. The van der Waals surface area contributed by atoms with E-state index in [1.165, 1.54) is 12.1 Å². The number of benzene rings is 1. The van der Waals surface area contributed by atoms with E-state index in [9.17, 15) is 9.18 Å². The monoisotopic (exact) mass is 350 g/mol. The summed E-state index contributed by atoms with van der Waals surface area (Å²) in [4.78, 5) is 11.7. The number of anilines is 1. The SMILES string of the molecule is CCCC[C@H](N)C(=O)Nc1ccc(F)cc1I. The maximum atomic E-state index is 12.9.